The molecular weight excluding hydrogens is 245 g/mol. The first kappa shape index (κ1) is 13.8. The molecule has 16 heavy (non-hydrogen) atoms. The van der Waals surface area contributed by atoms with Gasteiger partial charge in [-0.15, -0.1) is 0 Å². The summed E-state index contributed by atoms with van der Waals surface area (Å²) in [6.45, 7) is 5.04. The number of hydrogen-bond donors (Lipinski definition) is 1. The van der Waals surface area contributed by atoms with Crippen LogP contribution in [0.1, 0.15) is 18.9 Å². The number of aliphatic hydroxyl groups excluding tert-OH is 1. The molecule has 4 heteroatoms. The number of hydrogen-bond acceptors (Lipinski definition) is 2. The lowest BCUT2D eigenvalue weighted by molar-refractivity contribution is 0.225. The summed E-state index contributed by atoms with van der Waals surface area (Å²) in [5.41, 5.74) is 1.15. The summed E-state index contributed by atoms with van der Waals surface area (Å²) in [7, 11) is 0. The van der Waals surface area contributed by atoms with Crippen molar-refractivity contribution in [3.05, 3.63) is 33.8 Å². The third-order valence-corrected chi connectivity index (χ3v) is 3.21. The molecule has 0 spiro atoms. The van der Waals surface area contributed by atoms with Gasteiger partial charge in [0.05, 0.1) is 10.0 Å². The van der Waals surface area contributed by atoms with Gasteiger partial charge >= 0.3 is 0 Å². The smallest absolute Gasteiger partial charge is 0.0595 e. The van der Waals surface area contributed by atoms with Gasteiger partial charge < -0.3 is 5.11 Å². The van der Waals surface area contributed by atoms with Crippen LogP contribution < -0.4 is 0 Å². The molecule has 0 atom stereocenters. The van der Waals surface area contributed by atoms with Gasteiger partial charge in [-0.25, -0.2) is 0 Å². The summed E-state index contributed by atoms with van der Waals surface area (Å²) in [6.07, 6.45) is 0.801. The van der Waals surface area contributed by atoms with Gasteiger partial charge in [-0.05, 0) is 30.7 Å². The Morgan fingerprint density at radius 2 is 2.00 bits per heavy atom. The quantitative estimate of drug-likeness (QED) is 0.851. The van der Waals surface area contributed by atoms with Crippen LogP contribution >= 0.6 is 23.2 Å². The van der Waals surface area contributed by atoms with Crippen molar-refractivity contribution in [3.8, 4) is 0 Å². The Labute approximate surface area is 107 Å². The summed E-state index contributed by atoms with van der Waals surface area (Å²) >= 11 is 11.8. The summed E-state index contributed by atoms with van der Waals surface area (Å²) < 4.78 is 0. The van der Waals surface area contributed by atoms with Crippen LogP contribution in [0, 0.1) is 0 Å². The van der Waals surface area contributed by atoms with Gasteiger partial charge in [-0.1, -0.05) is 36.2 Å². The fourth-order valence-electron chi connectivity index (χ4n) is 1.54. The molecule has 0 aromatic heterocycles. The molecule has 0 fully saturated rings. The average molecular weight is 262 g/mol. The van der Waals surface area contributed by atoms with Gasteiger partial charge in [0.25, 0.3) is 0 Å². The maximum absolute atomic E-state index is 8.79. The third kappa shape index (κ3) is 4.30. The third-order valence-electron chi connectivity index (χ3n) is 2.47. The first-order valence-electron chi connectivity index (χ1n) is 5.44. The molecule has 0 unspecified atom stereocenters. The molecular formula is C12H17Cl2NO. The Bertz CT molecular complexity index is 331. The van der Waals surface area contributed by atoms with Gasteiger partial charge in [-0.2, -0.15) is 0 Å². The minimum Gasteiger partial charge on any atom is -0.396 e. The van der Waals surface area contributed by atoms with E-state index in [4.69, 9.17) is 28.3 Å². The molecule has 0 saturated heterocycles. The zero-order chi connectivity index (χ0) is 12.0. The van der Waals surface area contributed by atoms with Gasteiger partial charge in [-0.3, -0.25) is 4.90 Å². The predicted molar refractivity (Wildman–Crippen MR) is 69.1 cm³/mol. The molecule has 0 aliphatic carbocycles. The molecule has 1 N–H and O–H groups in total. The number of aliphatic hydroxyl groups is 1. The van der Waals surface area contributed by atoms with Crippen LogP contribution in [0.15, 0.2) is 18.2 Å². The first-order valence-corrected chi connectivity index (χ1v) is 6.20. The lowest BCUT2D eigenvalue weighted by Crippen LogP contribution is -2.24. The van der Waals surface area contributed by atoms with E-state index < -0.39 is 0 Å². The minimum atomic E-state index is 0.234. The normalized spacial score (nSPS) is 11.1. The Balaban J connectivity index is 2.59. The van der Waals surface area contributed by atoms with Crippen molar-refractivity contribution in [1.29, 1.82) is 0 Å². The average Bonchev–Trinajstić information content (AvgIpc) is 2.29. The molecule has 0 aliphatic heterocycles. The van der Waals surface area contributed by atoms with Crippen molar-refractivity contribution in [3.63, 3.8) is 0 Å². The highest BCUT2D eigenvalue weighted by molar-refractivity contribution is 6.42. The lowest BCUT2D eigenvalue weighted by Gasteiger charge is -2.20. The second kappa shape index (κ2) is 7.13. The molecule has 0 amide bonds. The fourth-order valence-corrected chi connectivity index (χ4v) is 1.86. The van der Waals surface area contributed by atoms with E-state index >= 15 is 0 Å². The topological polar surface area (TPSA) is 23.5 Å². The summed E-state index contributed by atoms with van der Waals surface area (Å²) in [5, 5.41) is 9.97. The van der Waals surface area contributed by atoms with Crippen molar-refractivity contribution < 1.29 is 5.11 Å². The number of halogens is 2. The number of nitrogens with zero attached hydrogens (tertiary/aromatic N) is 1. The monoisotopic (exact) mass is 261 g/mol. The Morgan fingerprint density at radius 1 is 1.25 bits per heavy atom. The molecule has 1 aromatic rings. The Hall–Kier alpha value is -0.280. The summed E-state index contributed by atoms with van der Waals surface area (Å²) in [4.78, 5) is 2.26. The molecule has 0 saturated carbocycles. The van der Waals surface area contributed by atoms with Gasteiger partial charge in [0.2, 0.25) is 0 Å². The summed E-state index contributed by atoms with van der Waals surface area (Å²) in [6, 6.07) is 5.69. The standard InChI is InChI=1S/C12H17Cl2NO/c1-2-15(6-3-7-16)9-10-4-5-11(13)12(14)8-10/h4-5,8,16H,2-3,6-7,9H2,1H3. The van der Waals surface area contributed by atoms with Crippen LogP contribution in [-0.4, -0.2) is 29.7 Å². The van der Waals surface area contributed by atoms with Gasteiger partial charge in [0.15, 0.2) is 0 Å². The second-order valence-electron chi connectivity index (χ2n) is 3.69. The van der Waals surface area contributed by atoms with E-state index in [1.165, 1.54) is 0 Å². The van der Waals surface area contributed by atoms with Gasteiger partial charge in [0, 0.05) is 19.7 Å². The lowest BCUT2D eigenvalue weighted by atomic mass is 10.2. The molecule has 0 bridgehead atoms. The predicted octanol–water partition coefficient (Wildman–Crippen LogP) is 3.20. The molecule has 0 heterocycles. The number of benzene rings is 1. The van der Waals surface area contributed by atoms with Crippen LogP contribution in [0.25, 0.3) is 0 Å². The second-order valence-corrected chi connectivity index (χ2v) is 4.51. The first-order chi connectivity index (χ1) is 7.67. The van der Waals surface area contributed by atoms with Gasteiger partial charge in [0.1, 0.15) is 0 Å². The van der Waals surface area contributed by atoms with Crippen LogP contribution in [0.5, 0.6) is 0 Å². The van der Waals surface area contributed by atoms with E-state index in [1.807, 2.05) is 18.2 Å². The van der Waals surface area contributed by atoms with E-state index in [2.05, 4.69) is 11.8 Å². The summed E-state index contributed by atoms with van der Waals surface area (Å²) in [5.74, 6) is 0. The van der Waals surface area contributed by atoms with Crippen LogP contribution in [-0.2, 0) is 6.54 Å². The van der Waals surface area contributed by atoms with Crippen LogP contribution in [0.2, 0.25) is 10.0 Å². The highest BCUT2D eigenvalue weighted by Crippen LogP contribution is 2.23. The molecule has 0 aliphatic rings. The van der Waals surface area contributed by atoms with Crippen molar-refractivity contribution in [2.24, 2.45) is 0 Å². The zero-order valence-corrected chi connectivity index (χ0v) is 10.9. The van der Waals surface area contributed by atoms with Crippen molar-refractivity contribution in [2.45, 2.75) is 19.9 Å². The number of rotatable bonds is 6. The SMILES string of the molecule is CCN(CCCO)Cc1ccc(Cl)c(Cl)c1. The maximum atomic E-state index is 8.79. The largest absolute Gasteiger partial charge is 0.396 e. The highest BCUT2D eigenvalue weighted by atomic mass is 35.5. The van der Waals surface area contributed by atoms with E-state index in [0.29, 0.717) is 10.0 Å². The van der Waals surface area contributed by atoms with E-state index in [1.54, 1.807) is 0 Å². The van der Waals surface area contributed by atoms with Crippen molar-refractivity contribution >= 4 is 23.2 Å². The Morgan fingerprint density at radius 3 is 2.56 bits per heavy atom. The maximum Gasteiger partial charge on any atom is 0.0595 e. The van der Waals surface area contributed by atoms with Crippen LogP contribution in [0.3, 0.4) is 0 Å². The fraction of sp³-hybridized carbons (Fsp3) is 0.500. The van der Waals surface area contributed by atoms with Crippen molar-refractivity contribution in [2.75, 3.05) is 19.7 Å². The molecule has 1 rings (SSSR count). The van der Waals surface area contributed by atoms with Crippen LogP contribution in [0.4, 0.5) is 0 Å². The Kier molecular flexibility index (Phi) is 6.14. The molecule has 2 nitrogen and oxygen atoms in total. The van der Waals surface area contributed by atoms with Crippen molar-refractivity contribution in [1.82, 2.24) is 4.90 Å². The zero-order valence-electron chi connectivity index (χ0n) is 9.42. The van der Waals surface area contributed by atoms with E-state index in [0.717, 1.165) is 31.6 Å². The van der Waals surface area contributed by atoms with E-state index in [9.17, 15) is 0 Å². The molecule has 90 valence electrons. The minimum absolute atomic E-state index is 0.234. The molecule has 1 aromatic carbocycles. The molecule has 0 radical (unpaired) electrons. The van der Waals surface area contributed by atoms with E-state index in [-0.39, 0.29) is 6.61 Å². The highest BCUT2D eigenvalue weighted by Gasteiger charge is 2.05.